The zero-order chi connectivity index (χ0) is 22.2. The number of amides is 3. The van der Waals surface area contributed by atoms with Gasteiger partial charge in [0.25, 0.3) is 0 Å². The first-order valence-corrected chi connectivity index (χ1v) is 10.3. The number of aromatic nitrogens is 2. The van der Waals surface area contributed by atoms with Gasteiger partial charge in [0.1, 0.15) is 0 Å². The number of nitrogens with one attached hydrogen (secondary N) is 3. The first-order valence-electron chi connectivity index (χ1n) is 10.3. The number of carbonyl (C=O) groups is 2. The van der Waals surface area contributed by atoms with Crippen molar-refractivity contribution in [2.75, 3.05) is 10.6 Å². The number of para-hydroxylation sites is 1. The fourth-order valence-corrected chi connectivity index (χ4v) is 3.38. The molecule has 0 aliphatic rings. The van der Waals surface area contributed by atoms with Gasteiger partial charge in [0.15, 0.2) is 0 Å². The van der Waals surface area contributed by atoms with Gasteiger partial charge in [-0.2, -0.15) is 0 Å². The molecule has 4 rings (SSSR count). The number of urea groups is 1. The van der Waals surface area contributed by atoms with Crippen LogP contribution in [-0.2, 0) is 17.8 Å². The highest BCUT2D eigenvalue weighted by Gasteiger charge is 2.08. The molecule has 0 fully saturated rings. The van der Waals surface area contributed by atoms with Gasteiger partial charge < -0.3 is 16.0 Å². The van der Waals surface area contributed by atoms with Gasteiger partial charge in [0.05, 0.1) is 5.52 Å². The van der Waals surface area contributed by atoms with Crippen molar-refractivity contribution < 1.29 is 9.59 Å². The Labute approximate surface area is 185 Å². The van der Waals surface area contributed by atoms with Crippen LogP contribution in [0.1, 0.15) is 17.5 Å². The van der Waals surface area contributed by atoms with Crippen molar-refractivity contribution in [1.82, 2.24) is 15.3 Å². The summed E-state index contributed by atoms with van der Waals surface area (Å²) >= 11 is 0. The fraction of sp³-hybridized carbons (Fsp3) is 0.120. The van der Waals surface area contributed by atoms with Crippen LogP contribution in [0.5, 0.6) is 0 Å². The number of pyridine rings is 2. The molecule has 2 aromatic heterocycles. The summed E-state index contributed by atoms with van der Waals surface area (Å²) in [5.74, 6) is -0.0924. The summed E-state index contributed by atoms with van der Waals surface area (Å²) in [7, 11) is 0. The Morgan fingerprint density at radius 2 is 1.59 bits per heavy atom. The lowest BCUT2D eigenvalue weighted by Crippen LogP contribution is -2.28. The minimum atomic E-state index is -0.324. The summed E-state index contributed by atoms with van der Waals surface area (Å²) in [6, 6.07) is 20.3. The Balaban J connectivity index is 1.30. The van der Waals surface area contributed by atoms with Crippen molar-refractivity contribution in [3.8, 4) is 0 Å². The van der Waals surface area contributed by atoms with E-state index in [9.17, 15) is 9.59 Å². The Hall–Kier alpha value is -4.26. The van der Waals surface area contributed by atoms with E-state index in [0.717, 1.165) is 22.0 Å². The zero-order valence-corrected chi connectivity index (χ0v) is 17.4. The van der Waals surface area contributed by atoms with Crippen LogP contribution in [0.4, 0.5) is 16.2 Å². The highest BCUT2D eigenvalue weighted by molar-refractivity contribution is 5.94. The van der Waals surface area contributed by atoms with E-state index in [0.29, 0.717) is 30.8 Å². The Kier molecular flexibility index (Phi) is 6.67. The van der Waals surface area contributed by atoms with Crippen molar-refractivity contribution in [2.45, 2.75) is 19.4 Å². The second-order valence-electron chi connectivity index (χ2n) is 7.28. The number of hydrogen-bond acceptors (Lipinski definition) is 4. The number of fused-ring (bicyclic) bond motifs is 1. The molecule has 0 aliphatic heterocycles. The maximum atomic E-state index is 12.5. The van der Waals surface area contributed by atoms with Crippen LogP contribution in [-0.4, -0.2) is 21.9 Å². The van der Waals surface area contributed by atoms with Gasteiger partial charge in [-0.3, -0.25) is 14.8 Å². The fourth-order valence-electron chi connectivity index (χ4n) is 3.38. The molecule has 0 atom stereocenters. The average Bonchev–Trinajstić information content (AvgIpc) is 2.82. The lowest BCUT2D eigenvalue weighted by Gasteiger charge is -2.10. The minimum Gasteiger partial charge on any atom is -0.334 e. The Morgan fingerprint density at radius 3 is 2.44 bits per heavy atom. The molecule has 0 radical (unpaired) electrons. The Morgan fingerprint density at radius 1 is 0.812 bits per heavy atom. The van der Waals surface area contributed by atoms with E-state index in [4.69, 9.17) is 0 Å². The van der Waals surface area contributed by atoms with Crippen LogP contribution in [0.25, 0.3) is 10.9 Å². The van der Waals surface area contributed by atoms with Crippen molar-refractivity contribution in [3.63, 3.8) is 0 Å². The predicted molar refractivity (Wildman–Crippen MR) is 125 cm³/mol. The van der Waals surface area contributed by atoms with Gasteiger partial charge >= 0.3 is 6.03 Å². The number of hydrogen-bond donors (Lipinski definition) is 3. The molecular formula is C25H23N5O2. The quantitative estimate of drug-likeness (QED) is 0.406. The normalized spacial score (nSPS) is 10.5. The molecular weight excluding hydrogens is 402 g/mol. The maximum Gasteiger partial charge on any atom is 0.319 e. The molecule has 0 saturated heterocycles. The van der Waals surface area contributed by atoms with E-state index < -0.39 is 0 Å². The summed E-state index contributed by atoms with van der Waals surface area (Å²) in [6.45, 7) is 0.397. The molecule has 3 N–H and O–H groups in total. The summed E-state index contributed by atoms with van der Waals surface area (Å²) < 4.78 is 0. The largest absolute Gasteiger partial charge is 0.334 e. The van der Waals surface area contributed by atoms with Gasteiger partial charge in [-0.1, -0.05) is 24.3 Å². The van der Waals surface area contributed by atoms with Gasteiger partial charge in [-0.25, -0.2) is 4.79 Å². The van der Waals surface area contributed by atoms with Gasteiger partial charge in [-0.15, -0.1) is 0 Å². The molecule has 3 amide bonds. The topological polar surface area (TPSA) is 96.0 Å². The van der Waals surface area contributed by atoms with Crippen LogP contribution in [0.15, 0.2) is 85.3 Å². The second-order valence-corrected chi connectivity index (χ2v) is 7.28. The number of carbonyl (C=O) groups excluding carboxylic acids is 2. The van der Waals surface area contributed by atoms with Gasteiger partial charge in [-0.05, 0) is 60.0 Å². The van der Waals surface area contributed by atoms with Crippen molar-refractivity contribution in [2.24, 2.45) is 0 Å². The molecule has 0 spiro atoms. The van der Waals surface area contributed by atoms with Crippen LogP contribution in [0, 0.1) is 0 Å². The third kappa shape index (κ3) is 5.66. The van der Waals surface area contributed by atoms with E-state index in [-0.39, 0.29) is 11.9 Å². The van der Waals surface area contributed by atoms with E-state index >= 15 is 0 Å². The Bertz CT molecular complexity index is 1220. The summed E-state index contributed by atoms with van der Waals surface area (Å²) in [6.07, 6.45) is 6.09. The number of rotatable bonds is 7. The molecule has 7 heteroatoms. The molecule has 0 unspecified atom stereocenters. The van der Waals surface area contributed by atoms with Crippen molar-refractivity contribution in [3.05, 3.63) is 96.4 Å². The first kappa shape index (κ1) is 21.0. The first-order chi connectivity index (χ1) is 15.7. The lowest BCUT2D eigenvalue weighted by molar-refractivity contribution is -0.116. The maximum absolute atomic E-state index is 12.5. The molecule has 4 aromatic rings. The monoisotopic (exact) mass is 425 g/mol. The second kappa shape index (κ2) is 10.2. The van der Waals surface area contributed by atoms with Gasteiger partial charge in [0, 0.05) is 48.3 Å². The minimum absolute atomic E-state index is 0.0924. The molecule has 0 saturated carbocycles. The lowest BCUT2D eigenvalue weighted by atomic mass is 10.0. The molecule has 2 heterocycles. The summed E-state index contributed by atoms with van der Waals surface area (Å²) in [5.41, 5.74) is 4.19. The third-order valence-electron chi connectivity index (χ3n) is 4.97. The van der Waals surface area contributed by atoms with Crippen LogP contribution < -0.4 is 16.0 Å². The highest BCUT2D eigenvalue weighted by Crippen LogP contribution is 2.19. The molecule has 2 aromatic carbocycles. The SMILES string of the molecule is O=C(CCc1ccnc2ccccc12)Nc1cccc(NC(=O)NCc2ccncc2)c1. The average molecular weight is 425 g/mol. The van der Waals surface area contributed by atoms with E-state index in [1.165, 1.54) is 0 Å². The van der Waals surface area contributed by atoms with Crippen molar-refractivity contribution >= 4 is 34.2 Å². The molecule has 7 nitrogen and oxygen atoms in total. The van der Waals surface area contributed by atoms with Crippen LogP contribution in [0.3, 0.4) is 0 Å². The number of aryl methyl sites for hydroxylation is 1. The summed E-state index contributed by atoms with van der Waals surface area (Å²) in [5, 5.41) is 9.53. The molecule has 0 bridgehead atoms. The van der Waals surface area contributed by atoms with Crippen LogP contribution in [0.2, 0.25) is 0 Å². The van der Waals surface area contributed by atoms with E-state index in [1.54, 1.807) is 42.9 Å². The van der Waals surface area contributed by atoms with E-state index in [1.807, 2.05) is 42.5 Å². The van der Waals surface area contributed by atoms with Crippen molar-refractivity contribution in [1.29, 1.82) is 0 Å². The predicted octanol–water partition coefficient (Wildman–Crippen LogP) is 4.52. The highest BCUT2D eigenvalue weighted by atomic mass is 16.2. The van der Waals surface area contributed by atoms with E-state index in [2.05, 4.69) is 25.9 Å². The smallest absolute Gasteiger partial charge is 0.319 e. The summed E-state index contributed by atoms with van der Waals surface area (Å²) in [4.78, 5) is 32.9. The van der Waals surface area contributed by atoms with Gasteiger partial charge in [0.2, 0.25) is 5.91 Å². The van der Waals surface area contributed by atoms with Crippen LogP contribution >= 0.6 is 0 Å². The number of benzene rings is 2. The third-order valence-corrected chi connectivity index (χ3v) is 4.97. The standard InChI is InChI=1S/C25H23N5O2/c31-24(9-8-19-12-15-27-23-7-2-1-6-22(19)23)29-20-4-3-5-21(16-20)30-25(32)28-17-18-10-13-26-14-11-18/h1-7,10-16H,8-9,17H2,(H,29,31)(H2,28,30,32). The molecule has 32 heavy (non-hydrogen) atoms. The molecule has 160 valence electrons. The number of nitrogens with zero attached hydrogens (tertiary/aromatic N) is 2. The zero-order valence-electron chi connectivity index (χ0n) is 17.4. The molecule has 0 aliphatic carbocycles. The number of anilines is 2.